The van der Waals surface area contributed by atoms with Crippen LogP contribution in [-0.2, 0) is 20.1 Å². The monoisotopic (exact) mass is 289 g/mol. The number of nitrogens with zero attached hydrogens (tertiary/aromatic N) is 2. The average Bonchev–Trinajstić information content (AvgIpc) is 2.95. The van der Waals surface area contributed by atoms with Gasteiger partial charge in [0.15, 0.2) is 0 Å². The molecule has 0 aliphatic carbocycles. The van der Waals surface area contributed by atoms with E-state index in [2.05, 4.69) is 17.3 Å². The van der Waals surface area contributed by atoms with Gasteiger partial charge in [-0.05, 0) is 12.5 Å². The summed E-state index contributed by atoms with van der Waals surface area (Å²) >= 11 is 0. The Morgan fingerprint density at radius 1 is 1.52 bits per heavy atom. The number of carbonyl (C=O) groups excluding carboxylic acids is 1. The minimum atomic E-state index is -0.754. The molecule has 2 aliphatic rings. The van der Waals surface area contributed by atoms with E-state index in [1.807, 2.05) is 29.3 Å². The van der Waals surface area contributed by atoms with E-state index >= 15 is 0 Å². The lowest BCUT2D eigenvalue weighted by atomic mass is 10.00. The van der Waals surface area contributed by atoms with Crippen LogP contribution in [0.2, 0.25) is 0 Å². The highest BCUT2D eigenvalue weighted by atomic mass is 16.6. The molecule has 0 aromatic heterocycles. The summed E-state index contributed by atoms with van der Waals surface area (Å²) in [5, 5.41) is 9.73. The van der Waals surface area contributed by atoms with Gasteiger partial charge in [-0.25, -0.2) is 5.01 Å². The lowest BCUT2D eigenvalue weighted by Gasteiger charge is -2.42. The maximum atomic E-state index is 11.3. The molecule has 1 atom stereocenters. The second-order valence-electron chi connectivity index (χ2n) is 5.09. The fourth-order valence-electron chi connectivity index (χ4n) is 2.78. The third-order valence-corrected chi connectivity index (χ3v) is 3.55. The zero-order chi connectivity index (χ0) is 14.9. The quantitative estimate of drug-likeness (QED) is 0.833. The van der Waals surface area contributed by atoms with Crippen LogP contribution >= 0.6 is 0 Å². The van der Waals surface area contributed by atoms with E-state index in [9.17, 15) is 4.79 Å². The molecule has 6 nitrogen and oxygen atoms in total. The number of carbonyl (C=O) groups is 1. The Hall–Kier alpha value is -1.92. The molecule has 2 aliphatic heterocycles. The first-order valence-electron chi connectivity index (χ1n) is 7.21. The Labute approximate surface area is 123 Å². The third kappa shape index (κ3) is 2.30. The molecule has 1 aromatic rings. The lowest BCUT2D eigenvalue weighted by Crippen LogP contribution is -2.55. The largest absolute Gasteiger partial charge is 0.405 e. The summed E-state index contributed by atoms with van der Waals surface area (Å²) in [5.74, 6) is -0.804. The summed E-state index contributed by atoms with van der Waals surface area (Å²) in [4.78, 5) is 11.3. The van der Waals surface area contributed by atoms with Crippen LogP contribution in [0.1, 0.15) is 31.4 Å². The van der Waals surface area contributed by atoms with Gasteiger partial charge >= 0.3 is 5.97 Å². The van der Waals surface area contributed by atoms with Crippen LogP contribution in [0.4, 0.5) is 0 Å². The number of hydrogen-bond donors (Lipinski definition) is 1. The maximum Gasteiger partial charge on any atom is 0.309 e. The van der Waals surface area contributed by atoms with Crippen molar-refractivity contribution in [3.63, 3.8) is 0 Å². The maximum absolute atomic E-state index is 11.3. The van der Waals surface area contributed by atoms with Crippen LogP contribution in [0.5, 0.6) is 0 Å². The third-order valence-electron chi connectivity index (χ3n) is 3.55. The molecule has 0 amide bonds. The van der Waals surface area contributed by atoms with E-state index in [1.165, 1.54) is 6.92 Å². The van der Waals surface area contributed by atoms with Gasteiger partial charge in [0.1, 0.15) is 0 Å². The van der Waals surface area contributed by atoms with Crippen molar-refractivity contribution in [3.05, 3.63) is 35.4 Å². The van der Waals surface area contributed by atoms with Crippen LogP contribution in [0.15, 0.2) is 29.4 Å². The molecule has 1 saturated heterocycles. The van der Waals surface area contributed by atoms with Gasteiger partial charge in [-0.15, -0.1) is 5.10 Å². The number of rotatable bonds is 2. The van der Waals surface area contributed by atoms with Crippen molar-refractivity contribution in [1.82, 2.24) is 10.3 Å². The fraction of sp³-hybridized carbons (Fsp3) is 0.467. The minimum absolute atomic E-state index is 0.328. The van der Waals surface area contributed by atoms with Gasteiger partial charge < -0.3 is 9.47 Å². The van der Waals surface area contributed by atoms with Crippen molar-refractivity contribution in [3.8, 4) is 0 Å². The molecule has 1 unspecified atom stereocenters. The van der Waals surface area contributed by atoms with Gasteiger partial charge in [0.05, 0.1) is 6.61 Å². The SMILES string of the molecule is CCCN1N=C(OC(C)=O)c2ccccc2C12NCCO2. The zero-order valence-electron chi connectivity index (χ0n) is 12.3. The molecule has 0 bridgehead atoms. The molecule has 1 fully saturated rings. The first kappa shape index (κ1) is 14.0. The average molecular weight is 289 g/mol. The highest BCUT2D eigenvalue weighted by Gasteiger charge is 2.47. The minimum Gasteiger partial charge on any atom is -0.405 e. The van der Waals surface area contributed by atoms with Crippen molar-refractivity contribution < 1.29 is 14.3 Å². The van der Waals surface area contributed by atoms with Crippen LogP contribution in [-0.4, -0.2) is 36.6 Å². The zero-order valence-corrected chi connectivity index (χ0v) is 12.3. The van der Waals surface area contributed by atoms with Crippen LogP contribution in [0.3, 0.4) is 0 Å². The predicted octanol–water partition coefficient (Wildman–Crippen LogP) is 1.37. The van der Waals surface area contributed by atoms with Gasteiger partial charge in [0, 0.05) is 31.1 Å². The number of benzene rings is 1. The smallest absolute Gasteiger partial charge is 0.309 e. The molecule has 1 spiro atoms. The number of esters is 1. The van der Waals surface area contributed by atoms with Gasteiger partial charge in [0.25, 0.3) is 0 Å². The standard InChI is InChI=1S/C15H19N3O3/c1-3-9-18-15(16-8-10-20-15)13-7-5-4-6-12(13)14(17-18)21-11(2)19/h4-7,16H,3,8-10H2,1-2H3. The molecule has 2 heterocycles. The fourth-order valence-corrected chi connectivity index (χ4v) is 2.78. The Bertz CT molecular complexity index is 579. The summed E-state index contributed by atoms with van der Waals surface area (Å²) in [5.41, 5.74) is 1.72. The van der Waals surface area contributed by atoms with E-state index in [-0.39, 0.29) is 5.97 Å². The van der Waals surface area contributed by atoms with Crippen LogP contribution in [0.25, 0.3) is 0 Å². The summed E-state index contributed by atoms with van der Waals surface area (Å²) in [6, 6.07) is 7.72. The normalized spacial score (nSPS) is 23.9. The summed E-state index contributed by atoms with van der Waals surface area (Å²) in [6.45, 7) is 5.53. The van der Waals surface area contributed by atoms with E-state index < -0.39 is 5.85 Å². The van der Waals surface area contributed by atoms with Gasteiger partial charge in [-0.1, -0.05) is 25.1 Å². The van der Waals surface area contributed by atoms with E-state index in [0.717, 1.165) is 24.1 Å². The molecule has 3 rings (SSSR count). The Kier molecular flexibility index (Phi) is 3.65. The first-order chi connectivity index (χ1) is 10.2. The topological polar surface area (TPSA) is 63.2 Å². The molecule has 6 heteroatoms. The first-order valence-corrected chi connectivity index (χ1v) is 7.21. The molecular weight excluding hydrogens is 270 g/mol. The lowest BCUT2D eigenvalue weighted by molar-refractivity contribution is -0.150. The van der Waals surface area contributed by atoms with E-state index in [0.29, 0.717) is 19.0 Å². The number of nitrogens with one attached hydrogen (secondary N) is 1. The van der Waals surface area contributed by atoms with Crippen molar-refractivity contribution in [2.45, 2.75) is 26.1 Å². The Morgan fingerprint density at radius 2 is 2.33 bits per heavy atom. The van der Waals surface area contributed by atoms with Crippen LogP contribution < -0.4 is 5.32 Å². The van der Waals surface area contributed by atoms with Crippen molar-refractivity contribution in [2.24, 2.45) is 5.10 Å². The molecule has 1 aromatic carbocycles. The Balaban J connectivity index is 2.11. The highest BCUT2D eigenvalue weighted by molar-refractivity contribution is 6.01. The highest BCUT2D eigenvalue weighted by Crippen LogP contribution is 2.37. The van der Waals surface area contributed by atoms with Crippen molar-refractivity contribution in [1.29, 1.82) is 0 Å². The number of ether oxygens (including phenoxy) is 2. The molecule has 21 heavy (non-hydrogen) atoms. The number of fused-ring (bicyclic) bond motifs is 2. The Morgan fingerprint density at radius 3 is 3.00 bits per heavy atom. The molecule has 0 saturated carbocycles. The molecular formula is C15H19N3O3. The van der Waals surface area contributed by atoms with E-state index in [4.69, 9.17) is 9.47 Å². The second kappa shape index (κ2) is 5.46. The van der Waals surface area contributed by atoms with Gasteiger partial charge in [-0.3, -0.25) is 10.1 Å². The van der Waals surface area contributed by atoms with Crippen molar-refractivity contribution in [2.75, 3.05) is 19.7 Å². The number of hydrazone groups is 1. The summed E-state index contributed by atoms with van der Waals surface area (Å²) < 4.78 is 11.3. The van der Waals surface area contributed by atoms with Gasteiger partial charge in [-0.2, -0.15) is 0 Å². The number of hydrogen-bond acceptors (Lipinski definition) is 6. The summed E-state index contributed by atoms with van der Waals surface area (Å²) in [7, 11) is 0. The second-order valence-corrected chi connectivity index (χ2v) is 5.09. The van der Waals surface area contributed by atoms with Crippen molar-refractivity contribution >= 4 is 11.9 Å². The summed E-state index contributed by atoms with van der Waals surface area (Å²) in [6.07, 6.45) is 0.909. The molecule has 1 N–H and O–H groups in total. The van der Waals surface area contributed by atoms with E-state index in [1.54, 1.807) is 0 Å². The predicted molar refractivity (Wildman–Crippen MR) is 77.4 cm³/mol. The van der Waals surface area contributed by atoms with Gasteiger partial charge in [0.2, 0.25) is 11.7 Å². The molecule has 0 radical (unpaired) electrons. The van der Waals surface area contributed by atoms with Crippen LogP contribution in [0, 0.1) is 0 Å². The molecule has 112 valence electrons.